The molecule has 2 aromatic heterocycles. The molecule has 0 aliphatic carbocycles. The first kappa shape index (κ1) is 15.5. The van der Waals surface area contributed by atoms with Crippen LogP contribution in [-0.4, -0.2) is 36.8 Å². The molecule has 1 aromatic carbocycles. The second-order valence-electron chi connectivity index (χ2n) is 5.42. The number of carbonyl (C=O) groups excluding carboxylic acids is 1. The Morgan fingerprint density at radius 1 is 1.35 bits per heavy atom. The molecule has 2 heterocycles. The molecule has 8 heteroatoms. The number of aromatic nitrogens is 5. The minimum absolute atomic E-state index is 0.0819. The third kappa shape index (κ3) is 3.70. The lowest BCUT2D eigenvalue weighted by Crippen LogP contribution is -2.28. The van der Waals surface area contributed by atoms with Gasteiger partial charge < -0.3 is 10.3 Å². The number of fused-ring (bicyclic) bond motifs is 1. The van der Waals surface area contributed by atoms with E-state index in [1.165, 1.54) is 17.3 Å². The van der Waals surface area contributed by atoms with Gasteiger partial charge in [0.2, 0.25) is 5.91 Å². The fourth-order valence-electron chi connectivity index (χ4n) is 2.20. The van der Waals surface area contributed by atoms with Gasteiger partial charge in [-0.2, -0.15) is 5.10 Å². The molecule has 7 nitrogen and oxygen atoms in total. The van der Waals surface area contributed by atoms with E-state index >= 15 is 0 Å². The number of aromatic amines is 2. The van der Waals surface area contributed by atoms with E-state index in [1.54, 1.807) is 0 Å². The van der Waals surface area contributed by atoms with E-state index in [2.05, 4.69) is 30.5 Å². The van der Waals surface area contributed by atoms with Crippen molar-refractivity contribution >= 4 is 28.7 Å². The van der Waals surface area contributed by atoms with Crippen molar-refractivity contribution in [1.29, 1.82) is 0 Å². The number of rotatable bonds is 5. The maximum atomic E-state index is 12.0. The molecule has 0 radical (unpaired) electrons. The SMILES string of the molecule is Cc1ccc2nc(SCC(=O)N[C@@H](C)c3n[nH]c(C)n3)[nH]c2c1. The van der Waals surface area contributed by atoms with Crippen molar-refractivity contribution in [3.8, 4) is 0 Å². The third-order valence-electron chi connectivity index (χ3n) is 3.33. The third-order valence-corrected chi connectivity index (χ3v) is 4.21. The van der Waals surface area contributed by atoms with Crippen LogP contribution < -0.4 is 5.32 Å². The number of H-pyrrole nitrogens is 2. The summed E-state index contributed by atoms with van der Waals surface area (Å²) in [6, 6.07) is 5.80. The summed E-state index contributed by atoms with van der Waals surface area (Å²) in [6.07, 6.45) is 0. The van der Waals surface area contributed by atoms with Crippen molar-refractivity contribution in [3.63, 3.8) is 0 Å². The summed E-state index contributed by atoms with van der Waals surface area (Å²) in [5.74, 6) is 1.52. The van der Waals surface area contributed by atoms with Crippen molar-refractivity contribution in [3.05, 3.63) is 35.4 Å². The van der Waals surface area contributed by atoms with Gasteiger partial charge in [-0.3, -0.25) is 9.89 Å². The van der Waals surface area contributed by atoms with Gasteiger partial charge in [0, 0.05) is 0 Å². The number of amides is 1. The van der Waals surface area contributed by atoms with Crippen LogP contribution in [0.1, 0.15) is 30.2 Å². The molecule has 0 bridgehead atoms. The van der Waals surface area contributed by atoms with E-state index in [0.29, 0.717) is 5.82 Å². The van der Waals surface area contributed by atoms with Crippen molar-refractivity contribution in [2.45, 2.75) is 32.0 Å². The molecule has 0 saturated heterocycles. The first-order chi connectivity index (χ1) is 11.0. The number of nitrogens with one attached hydrogen (secondary N) is 3. The molecule has 0 fully saturated rings. The number of aryl methyl sites for hydroxylation is 2. The Kier molecular flexibility index (Phi) is 4.33. The zero-order chi connectivity index (χ0) is 16.4. The molecule has 1 amide bonds. The highest BCUT2D eigenvalue weighted by atomic mass is 32.2. The van der Waals surface area contributed by atoms with E-state index in [1.807, 2.05) is 39.0 Å². The van der Waals surface area contributed by atoms with Crippen molar-refractivity contribution < 1.29 is 4.79 Å². The minimum Gasteiger partial charge on any atom is -0.346 e. The minimum atomic E-state index is -0.230. The summed E-state index contributed by atoms with van der Waals surface area (Å²) in [6.45, 7) is 5.71. The zero-order valence-corrected chi connectivity index (χ0v) is 14.0. The number of benzene rings is 1. The Balaban J connectivity index is 1.57. The summed E-state index contributed by atoms with van der Waals surface area (Å²) < 4.78 is 0. The fourth-order valence-corrected chi connectivity index (χ4v) is 2.90. The van der Waals surface area contributed by atoms with E-state index < -0.39 is 0 Å². The predicted octanol–water partition coefficient (Wildman–Crippen LogP) is 2.27. The van der Waals surface area contributed by atoms with E-state index in [0.717, 1.165) is 22.0 Å². The number of hydrogen-bond acceptors (Lipinski definition) is 5. The molecule has 3 aromatic rings. The Morgan fingerprint density at radius 3 is 2.91 bits per heavy atom. The zero-order valence-electron chi connectivity index (χ0n) is 13.2. The first-order valence-electron chi connectivity index (χ1n) is 7.28. The van der Waals surface area contributed by atoms with Crippen LogP contribution in [0.5, 0.6) is 0 Å². The lowest BCUT2D eigenvalue weighted by atomic mass is 10.2. The van der Waals surface area contributed by atoms with Crippen LogP contribution >= 0.6 is 11.8 Å². The molecular weight excluding hydrogens is 312 g/mol. The highest BCUT2D eigenvalue weighted by molar-refractivity contribution is 7.99. The van der Waals surface area contributed by atoms with Gasteiger partial charge in [0.05, 0.1) is 22.8 Å². The topological polar surface area (TPSA) is 99.3 Å². The number of carbonyl (C=O) groups is 1. The molecule has 0 unspecified atom stereocenters. The Labute approximate surface area is 137 Å². The van der Waals surface area contributed by atoms with Crippen LogP contribution in [0.2, 0.25) is 0 Å². The molecule has 1 atom stereocenters. The van der Waals surface area contributed by atoms with Gasteiger partial charge >= 0.3 is 0 Å². The van der Waals surface area contributed by atoms with Gasteiger partial charge in [-0.1, -0.05) is 17.8 Å². The van der Waals surface area contributed by atoms with Gasteiger partial charge in [-0.25, -0.2) is 9.97 Å². The molecule has 0 aliphatic rings. The number of imidazole rings is 1. The molecule has 3 N–H and O–H groups in total. The Hall–Kier alpha value is -2.35. The normalized spacial score (nSPS) is 12.5. The molecule has 0 aliphatic heterocycles. The number of thioether (sulfide) groups is 1. The largest absolute Gasteiger partial charge is 0.346 e. The maximum absolute atomic E-state index is 12.0. The highest BCUT2D eigenvalue weighted by Gasteiger charge is 2.14. The average Bonchev–Trinajstić information content (AvgIpc) is 3.10. The van der Waals surface area contributed by atoms with Gasteiger partial charge in [0.15, 0.2) is 11.0 Å². The van der Waals surface area contributed by atoms with Gasteiger partial charge in [0.25, 0.3) is 0 Å². The van der Waals surface area contributed by atoms with Crippen LogP contribution in [0.25, 0.3) is 11.0 Å². The summed E-state index contributed by atoms with van der Waals surface area (Å²) in [5.41, 5.74) is 3.06. The van der Waals surface area contributed by atoms with Crippen LogP contribution in [-0.2, 0) is 4.79 Å². The molecule has 0 saturated carbocycles. The standard InChI is InChI=1S/C15H18N6OS/c1-8-4-5-11-12(6-8)19-15(18-11)23-7-13(22)16-9(2)14-17-10(3)20-21-14/h4-6,9H,7H2,1-3H3,(H,16,22)(H,18,19)(H,17,20,21)/t9-/m0/s1. The Morgan fingerprint density at radius 2 is 2.17 bits per heavy atom. The molecule has 120 valence electrons. The van der Waals surface area contributed by atoms with Crippen molar-refractivity contribution in [2.24, 2.45) is 0 Å². The predicted molar refractivity (Wildman–Crippen MR) is 89.2 cm³/mol. The molecule has 0 spiro atoms. The summed E-state index contributed by atoms with van der Waals surface area (Å²) in [5, 5.41) is 10.4. The van der Waals surface area contributed by atoms with Crippen molar-refractivity contribution in [1.82, 2.24) is 30.5 Å². The fraction of sp³-hybridized carbons (Fsp3) is 0.333. The number of nitrogens with zero attached hydrogens (tertiary/aromatic N) is 3. The summed E-state index contributed by atoms with van der Waals surface area (Å²) in [7, 11) is 0. The Bertz CT molecular complexity index is 839. The van der Waals surface area contributed by atoms with E-state index in [4.69, 9.17) is 0 Å². The van der Waals surface area contributed by atoms with E-state index in [9.17, 15) is 4.79 Å². The van der Waals surface area contributed by atoms with E-state index in [-0.39, 0.29) is 17.7 Å². The average molecular weight is 330 g/mol. The van der Waals surface area contributed by atoms with Gasteiger partial charge in [0.1, 0.15) is 5.82 Å². The van der Waals surface area contributed by atoms with Crippen LogP contribution in [0.4, 0.5) is 0 Å². The van der Waals surface area contributed by atoms with Crippen LogP contribution in [0.3, 0.4) is 0 Å². The van der Waals surface area contributed by atoms with Crippen molar-refractivity contribution in [2.75, 3.05) is 5.75 Å². The monoisotopic (exact) mass is 330 g/mol. The lowest BCUT2D eigenvalue weighted by molar-refractivity contribution is -0.119. The summed E-state index contributed by atoms with van der Waals surface area (Å²) >= 11 is 1.38. The lowest BCUT2D eigenvalue weighted by Gasteiger charge is -2.09. The summed E-state index contributed by atoms with van der Waals surface area (Å²) in [4.78, 5) is 23.9. The maximum Gasteiger partial charge on any atom is 0.231 e. The quantitative estimate of drug-likeness (QED) is 0.623. The van der Waals surface area contributed by atoms with Crippen LogP contribution in [0, 0.1) is 13.8 Å². The van der Waals surface area contributed by atoms with Gasteiger partial charge in [-0.05, 0) is 38.5 Å². The molecular formula is C15H18N6OS. The number of hydrogen-bond donors (Lipinski definition) is 3. The molecule has 23 heavy (non-hydrogen) atoms. The van der Waals surface area contributed by atoms with Gasteiger partial charge in [-0.15, -0.1) is 0 Å². The second-order valence-corrected chi connectivity index (χ2v) is 6.38. The van der Waals surface area contributed by atoms with Crippen LogP contribution in [0.15, 0.2) is 23.4 Å². The second kappa shape index (κ2) is 6.41. The molecule has 3 rings (SSSR count). The smallest absolute Gasteiger partial charge is 0.231 e. The highest BCUT2D eigenvalue weighted by Crippen LogP contribution is 2.20. The first-order valence-corrected chi connectivity index (χ1v) is 8.27.